The molecule has 3 rings (SSSR count). The van der Waals surface area contributed by atoms with Crippen LogP contribution in [0.25, 0.3) is 22.2 Å². The second-order valence-corrected chi connectivity index (χ2v) is 4.64. The van der Waals surface area contributed by atoms with Gasteiger partial charge >= 0.3 is 0 Å². The summed E-state index contributed by atoms with van der Waals surface area (Å²) in [5, 5.41) is 14.3. The van der Waals surface area contributed by atoms with E-state index < -0.39 is 0 Å². The number of fused-ring (bicyclic) bond motifs is 1. The summed E-state index contributed by atoms with van der Waals surface area (Å²) in [4.78, 5) is 0. The lowest BCUT2D eigenvalue weighted by Crippen LogP contribution is -1.75. The van der Waals surface area contributed by atoms with Gasteiger partial charge in [0.25, 0.3) is 0 Å². The second kappa shape index (κ2) is 3.89. The van der Waals surface area contributed by atoms with Crippen molar-refractivity contribution in [1.82, 2.24) is 5.16 Å². The fraction of sp³-hybridized carbons (Fsp3) is 0. The third-order valence-corrected chi connectivity index (χ3v) is 3.04. The van der Waals surface area contributed by atoms with Crippen molar-refractivity contribution in [1.29, 1.82) is 0 Å². The van der Waals surface area contributed by atoms with Gasteiger partial charge in [0, 0.05) is 10.0 Å². The Balaban J connectivity index is 2.27. The fourth-order valence-electron chi connectivity index (χ4n) is 1.77. The van der Waals surface area contributed by atoms with Crippen LogP contribution in [0, 0.1) is 0 Å². The molecular weight excluding hydrogens is 282 g/mol. The zero-order valence-corrected chi connectivity index (χ0v) is 10.3. The van der Waals surface area contributed by atoms with E-state index in [9.17, 15) is 5.11 Å². The summed E-state index contributed by atoms with van der Waals surface area (Å²) in [5.74, 6) is 0.870. The molecule has 3 nitrogen and oxygen atoms in total. The van der Waals surface area contributed by atoms with Gasteiger partial charge in [0.1, 0.15) is 11.3 Å². The summed E-state index contributed by atoms with van der Waals surface area (Å²) >= 11 is 3.41. The first-order valence-corrected chi connectivity index (χ1v) is 5.88. The number of halogens is 1. The van der Waals surface area contributed by atoms with Gasteiger partial charge in [0.2, 0.25) is 0 Å². The van der Waals surface area contributed by atoms with Crippen LogP contribution in [0.5, 0.6) is 5.75 Å². The van der Waals surface area contributed by atoms with Gasteiger partial charge < -0.3 is 9.63 Å². The zero-order chi connectivity index (χ0) is 11.8. The molecular formula is C13H8BrNO2. The third kappa shape index (κ3) is 1.80. The van der Waals surface area contributed by atoms with E-state index in [0.29, 0.717) is 5.76 Å². The molecule has 0 fully saturated rings. The standard InChI is InChI=1S/C13H8BrNO2/c14-9-3-1-2-8(6-9)13-11-7-10(16)4-5-12(11)15-17-13/h1-7,16H. The predicted molar refractivity (Wildman–Crippen MR) is 68.8 cm³/mol. The molecule has 0 saturated carbocycles. The van der Waals surface area contributed by atoms with Crippen molar-refractivity contribution < 1.29 is 9.63 Å². The molecule has 1 N–H and O–H groups in total. The minimum absolute atomic E-state index is 0.206. The predicted octanol–water partition coefficient (Wildman–Crippen LogP) is 3.96. The Bertz CT molecular complexity index is 691. The van der Waals surface area contributed by atoms with Gasteiger partial charge in [-0.2, -0.15) is 0 Å². The molecule has 17 heavy (non-hydrogen) atoms. The van der Waals surface area contributed by atoms with Crippen LogP contribution in [0.2, 0.25) is 0 Å². The molecule has 4 heteroatoms. The first-order valence-electron chi connectivity index (χ1n) is 5.08. The minimum Gasteiger partial charge on any atom is -0.508 e. The van der Waals surface area contributed by atoms with Crippen LogP contribution in [-0.2, 0) is 0 Å². The molecule has 0 bridgehead atoms. The SMILES string of the molecule is Oc1ccc2noc(-c3cccc(Br)c3)c2c1. The van der Waals surface area contributed by atoms with E-state index in [2.05, 4.69) is 21.1 Å². The van der Waals surface area contributed by atoms with Gasteiger partial charge in [-0.25, -0.2) is 0 Å². The summed E-state index contributed by atoms with van der Waals surface area (Å²) in [7, 11) is 0. The lowest BCUT2D eigenvalue weighted by Gasteiger charge is -1.97. The van der Waals surface area contributed by atoms with Gasteiger partial charge in [-0.3, -0.25) is 0 Å². The molecule has 0 aliphatic heterocycles. The highest BCUT2D eigenvalue weighted by Gasteiger charge is 2.11. The molecule has 3 aromatic rings. The normalized spacial score (nSPS) is 10.9. The number of hydrogen-bond acceptors (Lipinski definition) is 3. The van der Waals surface area contributed by atoms with Crippen LogP contribution in [0.15, 0.2) is 51.5 Å². The van der Waals surface area contributed by atoms with E-state index in [4.69, 9.17) is 4.52 Å². The highest BCUT2D eigenvalue weighted by Crippen LogP contribution is 2.31. The molecule has 0 aliphatic rings. The maximum absolute atomic E-state index is 9.50. The molecule has 0 unspecified atom stereocenters. The molecule has 0 atom stereocenters. The quantitative estimate of drug-likeness (QED) is 0.737. The average Bonchev–Trinajstić information content (AvgIpc) is 2.71. The molecule has 0 amide bonds. The molecule has 84 valence electrons. The van der Waals surface area contributed by atoms with Crippen LogP contribution >= 0.6 is 15.9 Å². The Morgan fingerprint density at radius 2 is 2.00 bits per heavy atom. The van der Waals surface area contributed by atoms with Crippen molar-refractivity contribution in [2.24, 2.45) is 0 Å². The van der Waals surface area contributed by atoms with E-state index in [0.717, 1.165) is 20.9 Å². The summed E-state index contributed by atoms with van der Waals surface area (Å²) < 4.78 is 6.30. The number of phenols is 1. The van der Waals surface area contributed by atoms with Crippen LogP contribution in [0.3, 0.4) is 0 Å². The minimum atomic E-state index is 0.206. The smallest absolute Gasteiger partial charge is 0.174 e. The Hall–Kier alpha value is -1.81. The average molecular weight is 290 g/mol. The number of benzene rings is 2. The van der Waals surface area contributed by atoms with E-state index in [1.54, 1.807) is 18.2 Å². The monoisotopic (exact) mass is 289 g/mol. The summed E-state index contributed by atoms with van der Waals surface area (Å²) in [5.41, 5.74) is 1.66. The molecule has 0 aliphatic carbocycles. The first kappa shape index (κ1) is 10.4. The Morgan fingerprint density at radius 1 is 1.12 bits per heavy atom. The third-order valence-electron chi connectivity index (χ3n) is 2.55. The van der Waals surface area contributed by atoms with Crippen LogP contribution in [0.4, 0.5) is 0 Å². The van der Waals surface area contributed by atoms with E-state index >= 15 is 0 Å². The van der Waals surface area contributed by atoms with Crippen molar-refractivity contribution >= 4 is 26.8 Å². The van der Waals surface area contributed by atoms with Crippen molar-refractivity contribution in [3.8, 4) is 17.1 Å². The zero-order valence-electron chi connectivity index (χ0n) is 8.72. The highest BCUT2D eigenvalue weighted by molar-refractivity contribution is 9.10. The van der Waals surface area contributed by atoms with Gasteiger partial charge in [0.05, 0.1) is 5.39 Å². The van der Waals surface area contributed by atoms with Crippen LogP contribution in [0.1, 0.15) is 0 Å². The van der Waals surface area contributed by atoms with Gasteiger partial charge in [-0.05, 0) is 30.3 Å². The van der Waals surface area contributed by atoms with Crippen molar-refractivity contribution in [2.75, 3.05) is 0 Å². The maximum atomic E-state index is 9.50. The number of hydrogen-bond donors (Lipinski definition) is 1. The fourth-order valence-corrected chi connectivity index (χ4v) is 2.17. The first-order chi connectivity index (χ1) is 8.24. The molecule has 1 heterocycles. The van der Waals surface area contributed by atoms with E-state index in [-0.39, 0.29) is 5.75 Å². The molecule has 0 spiro atoms. The van der Waals surface area contributed by atoms with Crippen LogP contribution in [-0.4, -0.2) is 10.3 Å². The summed E-state index contributed by atoms with van der Waals surface area (Å²) in [6.45, 7) is 0. The van der Waals surface area contributed by atoms with E-state index in [1.807, 2.05) is 24.3 Å². The summed E-state index contributed by atoms with van der Waals surface area (Å²) in [6.07, 6.45) is 0. The van der Waals surface area contributed by atoms with Gasteiger partial charge in [0.15, 0.2) is 5.76 Å². The highest BCUT2D eigenvalue weighted by atomic mass is 79.9. The number of nitrogens with zero attached hydrogens (tertiary/aromatic N) is 1. The van der Waals surface area contributed by atoms with Crippen molar-refractivity contribution in [3.05, 3.63) is 46.9 Å². The maximum Gasteiger partial charge on any atom is 0.174 e. The molecule has 0 radical (unpaired) electrons. The number of aromatic hydroxyl groups is 1. The number of aromatic nitrogens is 1. The lowest BCUT2D eigenvalue weighted by molar-refractivity contribution is 0.441. The lowest BCUT2D eigenvalue weighted by atomic mass is 10.1. The Labute approximate surface area is 106 Å². The van der Waals surface area contributed by atoms with Crippen molar-refractivity contribution in [3.63, 3.8) is 0 Å². The Morgan fingerprint density at radius 3 is 2.82 bits per heavy atom. The van der Waals surface area contributed by atoms with E-state index in [1.165, 1.54) is 0 Å². The molecule has 1 aromatic heterocycles. The second-order valence-electron chi connectivity index (χ2n) is 3.72. The van der Waals surface area contributed by atoms with Gasteiger partial charge in [-0.1, -0.05) is 33.2 Å². The van der Waals surface area contributed by atoms with Crippen molar-refractivity contribution in [2.45, 2.75) is 0 Å². The van der Waals surface area contributed by atoms with Gasteiger partial charge in [-0.15, -0.1) is 0 Å². The largest absolute Gasteiger partial charge is 0.508 e. The summed E-state index contributed by atoms with van der Waals surface area (Å²) in [6, 6.07) is 12.7. The topological polar surface area (TPSA) is 46.3 Å². The molecule has 0 saturated heterocycles. The van der Waals surface area contributed by atoms with Crippen LogP contribution < -0.4 is 0 Å². The molecule has 2 aromatic carbocycles. The number of rotatable bonds is 1. The number of phenolic OH excluding ortho intramolecular Hbond substituents is 1. The Kier molecular flexibility index (Phi) is 2.37.